The predicted octanol–water partition coefficient (Wildman–Crippen LogP) is 2.41. The molecule has 2 aliphatic carbocycles. The lowest BCUT2D eigenvalue weighted by molar-refractivity contribution is -0.259. The van der Waals surface area contributed by atoms with Gasteiger partial charge >= 0.3 is 0 Å². The zero-order chi connectivity index (χ0) is 18.8. The van der Waals surface area contributed by atoms with Gasteiger partial charge in [0.15, 0.2) is 6.29 Å². The van der Waals surface area contributed by atoms with Gasteiger partial charge in [0.1, 0.15) is 24.6 Å². The number of nitrogens with zero attached hydrogens (tertiary/aromatic N) is 2. The van der Waals surface area contributed by atoms with Crippen LogP contribution in [0.1, 0.15) is 51.4 Å². The van der Waals surface area contributed by atoms with E-state index in [2.05, 4.69) is 14.7 Å². The van der Waals surface area contributed by atoms with Crippen LogP contribution in [0, 0.1) is 17.8 Å². The zero-order valence-corrected chi connectivity index (χ0v) is 16.7. The molecule has 2 heterocycles. The summed E-state index contributed by atoms with van der Waals surface area (Å²) in [5, 5.41) is 25.2. The van der Waals surface area contributed by atoms with Crippen LogP contribution in [0.15, 0.2) is 6.33 Å². The van der Waals surface area contributed by atoms with Gasteiger partial charge in [0.25, 0.3) is 0 Å². The number of hydrogen-bond acceptors (Lipinski definition) is 8. The summed E-state index contributed by atoms with van der Waals surface area (Å²) in [6.45, 7) is 0. The molecule has 3 fully saturated rings. The molecule has 1 saturated heterocycles. The molecule has 0 aromatic carbocycles. The van der Waals surface area contributed by atoms with E-state index in [1.54, 1.807) is 7.11 Å². The molecule has 1 aliphatic heterocycles. The Morgan fingerprint density at radius 3 is 2.70 bits per heavy atom. The summed E-state index contributed by atoms with van der Waals surface area (Å²) in [6.07, 6.45) is 8.71. The van der Waals surface area contributed by atoms with Gasteiger partial charge in [-0.3, -0.25) is 0 Å². The number of nitrogens with one attached hydrogen (secondary N) is 1. The second-order valence-corrected chi connectivity index (χ2v) is 9.21. The van der Waals surface area contributed by atoms with Gasteiger partial charge in [0, 0.05) is 18.6 Å². The fourth-order valence-electron chi connectivity index (χ4n) is 5.36. The van der Waals surface area contributed by atoms with Crippen molar-refractivity contribution in [3.63, 3.8) is 0 Å². The summed E-state index contributed by atoms with van der Waals surface area (Å²) in [7, 11) is 1.57. The number of hydrogen-bond donors (Lipinski definition) is 3. The summed E-state index contributed by atoms with van der Waals surface area (Å²) in [6, 6.07) is -0.579. The molecule has 27 heavy (non-hydrogen) atoms. The van der Waals surface area contributed by atoms with Crippen LogP contribution in [-0.2, 0) is 9.47 Å². The molecule has 3 aliphatic rings. The third kappa shape index (κ3) is 4.29. The highest BCUT2D eigenvalue weighted by molar-refractivity contribution is 7.09. The Hall–Kier alpha value is -0.800. The normalized spacial score (nSPS) is 40.5. The van der Waals surface area contributed by atoms with E-state index in [-0.39, 0.29) is 12.0 Å². The van der Waals surface area contributed by atoms with E-state index < -0.39 is 24.5 Å². The fraction of sp³-hybridized carbons (Fsp3) is 0.895. The number of aliphatic hydroxyl groups excluding tert-OH is 2. The summed E-state index contributed by atoms with van der Waals surface area (Å²) in [4.78, 5) is 4.09. The molecule has 0 amide bonds. The van der Waals surface area contributed by atoms with E-state index in [0.29, 0.717) is 5.13 Å². The van der Waals surface area contributed by atoms with E-state index in [9.17, 15) is 10.2 Å². The van der Waals surface area contributed by atoms with Crippen LogP contribution in [0.5, 0.6) is 0 Å². The molecule has 1 aromatic heterocycles. The average Bonchev–Trinajstić information content (AvgIpc) is 3.43. The molecule has 3 N–H and O–H groups in total. The highest BCUT2D eigenvalue weighted by atomic mass is 32.1. The van der Waals surface area contributed by atoms with Gasteiger partial charge in [-0.15, -0.1) is 0 Å². The van der Waals surface area contributed by atoms with Crippen LogP contribution < -0.4 is 5.32 Å². The second-order valence-electron chi connectivity index (χ2n) is 8.43. The van der Waals surface area contributed by atoms with Crippen LogP contribution in [0.3, 0.4) is 0 Å². The topological polar surface area (TPSA) is 96.7 Å². The number of rotatable bonds is 6. The number of ether oxygens (including phenoxy) is 2. The Balaban J connectivity index is 1.37. The number of methoxy groups -OCH3 is 1. The van der Waals surface area contributed by atoms with Crippen LogP contribution in [0.2, 0.25) is 0 Å². The van der Waals surface area contributed by atoms with Crippen molar-refractivity contribution in [3.05, 3.63) is 6.33 Å². The van der Waals surface area contributed by atoms with Crippen LogP contribution in [0.25, 0.3) is 0 Å². The molecule has 0 spiro atoms. The standard InChI is InChI=1S/C19H31N3O4S/c1-25-18-14(22-19-20-10-21-27-19)15(23)16(24)17(26-18)13-7-6-12(9-13)8-11-4-2-3-5-11/h10-18,23-24H,2-9H2,1H3,(H,20,21,22)/t12?,13?,14-,15+,16+,17+,18-/m0/s1. The minimum atomic E-state index is -0.980. The maximum Gasteiger partial charge on any atom is 0.202 e. The Kier molecular flexibility index (Phi) is 6.28. The lowest BCUT2D eigenvalue weighted by Gasteiger charge is -2.44. The summed E-state index contributed by atoms with van der Waals surface area (Å²) in [5.41, 5.74) is 0. The molecule has 2 unspecified atom stereocenters. The molecule has 0 bridgehead atoms. The Bertz CT molecular complexity index is 582. The van der Waals surface area contributed by atoms with E-state index >= 15 is 0 Å². The van der Waals surface area contributed by atoms with Crippen molar-refractivity contribution in [1.82, 2.24) is 9.36 Å². The first-order valence-electron chi connectivity index (χ1n) is 10.2. The SMILES string of the molecule is CO[C@H]1O[C@H](C2CCC(CC3CCCC3)C2)[C@H](O)[C@H](O)[C@@H]1Nc1ncns1. The van der Waals surface area contributed by atoms with E-state index in [0.717, 1.165) is 24.7 Å². The molecular formula is C19H31N3O4S. The lowest BCUT2D eigenvalue weighted by atomic mass is 9.86. The summed E-state index contributed by atoms with van der Waals surface area (Å²) >= 11 is 1.20. The second kappa shape index (κ2) is 8.69. The molecule has 7 nitrogen and oxygen atoms in total. The smallest absolute Gasteiger partial charge is 0.202 e. The lowest BCUT2D eigenvalue weighted by Crippen LogP contribution is -2.62. The summed E-state index contributed by atoms with van der Waals surface area (Å²) < 4.78 is 15.6. The molecular weight excluding hydrogens is 366 g/mol. The van der Waals surface area contributed by atoms with Crippen molar-refractivity contribution in [3.8, 4) is 0 Å². The maximum absolute atomic E-state index is 10.8. The average molecular weight is 398 g/mol. The molecule has 8 heteroatoms. The van der Waals surface area contributed by atoms with Gasteiger partial charge < -0.3 is 25.0 Å². The number of aliphatic hydroxyl groups is 2. The Morgan fingerprint density at radius 2 is 2.00 bits per heavy atom. The highest BCUT2D eigenvalue weighted by Crippen LogP contribution is 2.43. The van der Waals surface area contributed by atoms with Gasteiger partial charge in [-0.1, -0.05) is 32.1 Å². The van der Waals surface area contributed by atoms with Crippen molar-refractivity contribution in [1.29, 1.82) is 0 Å². The Morgan fingerprint density at radius 1 is 1.19 bits per heavy atom. The third-order valence-electron chi connectivity index (χ3n) is 6.71. The molecule has 4 rings (SSSR count). The predicted molar refractivity (Wildman–Crippen MR) is 102 cm³/mol. The van der Waals surface area contributed by atoms with Crippen molar-refractivity contribution >= 4 is 16.7 Å². The molecule has 0 radical (unpaired) electrons. The number of aromatic nitrogens is 2. The van der Waals surface area contributed by atoms with E-state index in [4.69, 9.17) is 9.47 Å². The fourth-order valence-corrected chi connectivity index (χ4v) is 5.83. The first kappa shape index (κ1) is 19.5. The van der Waals surface area contributed by atoms with Crippen molar-refractivity contribution in [2.75, 3.05) is 12.4 Å². The van der Waals surface area contributed by atoms with Crippen LogP contribution >= 0.6 is 11.5 Å². The minimum absolute atomic E-state index is 0.279. The van der Waals surface area contributed by atoms with Crippen molar-refractivity contribution < 1.29 is 19.7 Å². The van der Waals surface area contributed by atoms with Gasteiger partial charge in [0.05, 0.1) is 6.10 Å². The van der Waals surface area contributed by atoms with Gasteiger partial charge in [0.2, 0.25) is 5.13 Å². The number of anilines is 1. The zero-order valence-electron chi connectivity index (χ0n) is 15.9. The quantitative estimate of drug-likeness (QED) is 0.678. The summed E-state index contributed by atoms with van der Waals surface area (Å²) in [5.74, 6) is 1.90. The van der Waals surface area contributed by atoms with Crippen LogP contribution in [-0.4, -0.2) is 57.3 Å². The molecule has 2 saturated carbocycles. The van der Waals surface area contributed by atoms with E-state index in [1.165, 1.54) is 56.4 Å². The minimum Gasteiger partial charge on any atom is -0.388 e. The van der Waals surface area contributed by atoms with Gasteiger partial charge in [-0.25, -0.2) is 4.98 Å². The molecule has 152 valence electrons. The Labute approximate surface area is 164 Å². The molecule has 7 atom stereocenters. The highest BCUT2D eigenvalue weighted by Gasteiger charge is 2.49. The monoisotopic (exact) mass is 397 g/mol. The first-order valence-corrected chi connectivity index (χ1v) is 11.0. The third-order valence-corrected chi connectivity index (χ3v) is 7.31. The molecule has 1 aromatic rings. The largest absolute Gasteiger partial charge is 0.388 e. The van der Waals surface area contributed by atoms with Gasteiger partial charge in [-0.2, -0.15) is 4.37 Å². The van der Waals surface area contributed by atoms with Crippen molar-refractivity contribution in [2.45, 2.75) is 82.0 Å². The maximum atomic E-state index is 10.8. The first-order chi connectivity index (χ1) is 13.2. The van der Waals surface area contributed by atoms with Gasteiger partial charge in [-0.05, 0) is 37.0 Å². The van der Waals surface area contributed by atoms with Crippen molar-refractivity contribution in [2.24, 2.45) is 17.8 Å². The van der Waals surface area contributed by atoms with E-state index in [1.807, 2.05) is 0 Å². The van der Waals surface area contributed by atoms with Crippen LogP contribution in [0.4, 0.5) is 5.13 Å².